The molecule has 0 radical (unpaired) electrons. The van der Waals surface area contributed by atoms with E-state index < -0.39 is 0 Å². The number of para-hydroxylation sites is 1. The third-order valence-electron chi connectivity index (χ3n) is 5.60. The number of anilines is 1. The summed E-state index contributed by atoms with van der Waals surface area (Å²) >= 11 is 1.47. The Balaban J connectivity index is 1.31. The van der Waals surface area contributed by atoms with Gasteiger partial charge in [-0.05, 0) is 54.4 Å². The van der Waals surface area contributed by atoms with Crippen molar-refractivity contribution in [2.75, 3.05) is 25.5 Å². The van der Waals surface area contributed by atoms with Gasteiger partial charge in [-0.15, -0.1) is 11.3 Å². The second-order valence-corrected chi connectivity index (χ2v) is 8.85. The molecule has 1 saturated heterocycles. The Morgan fingerprint density at radius 2 is 2.00 bits per heavy atom. The number of hydrogen-bond acceptors (Lipinski definition) is 6. The minimum atomic E-state index is -0.0667. The van der Waals surface area contributed by atoms with Crippen molar-refractivity contribution in [3.8, 4) is 16.2 Å². The van der Waals surface area contributed by atoms with Crippen LogP contribution in [0.3, 0.4) is 0 Å². The first-order chi connectivity index (χ1) is 15.2. The zero-order chi connectivity index (χ0) is 21.2. The minimum Gasteiger partial charge on any atom is -0.497 e. The van der Waals surface area contributed by atoms with Crippen LogP contribution >= 0.6 is 11.3 Å². The number of fused-ring (bicyclic) bond motifs is 1. The Kier molecular flexibility index (Phi) is 5.44. The molecule has 31 heavy (non-hydrogen) atoms. The molecule has 1 aliphatic heterocycles. The molecule has 0 bridgehead atoms. The molecule has 158 valence electrons. The predicted octanol–water partition coefficient (Wildman–Crippen LogP) is 4.35. The van der Waals surface area contributed by atoms with Crippen molar-refractivity contribution in [3.05, 3.63) is 76.8 Å². The van der Waals surface area contributed by atoms with Crippen LogP contribution in [0.1, 0.15) is 12.2 Å². The Morgan fingerprint density at radius 3 is 2.77 bits per heavy atom. The lowest BCUT2D eigenvalue weighted by Gasteiger charge is -2.17. The van der Waals surface area contributed by atoms with Crippen molar-refractivity contribution in [2.45, 2.75) is 19.0 Å². The van der Waals surface area contributed by atoms with Crippen LogP contribution in [0.5, 0.6) is 5.75 Å². The summed E-state index contributed by atoms with van der Waals surface area (Å²) < 4.78 is 5.90. The number of rotatable bonds is 6. The average Bonchev–Trinajstić information content (AvgIpc) is 3.42. The summed E-state index contributed by atoms with van der Waals surface area (Å²) in [5.74, 6) is 1.53. The number of thiophene rings is 1. The second kappa shape index (κ2) is 8.53. The van der Waals surface area contributed by atoms with Crippen LogP contribution in [0, 0.1) is 0 Å². The Morgan fingerprint density at radius 1 is 1.19 bits per heavy atom. The molecular formula is C24H24N4O2S. The third kappa shape index (κ3) is 4.33. The van der Waals surface area contributed by atoms with Crippen LogP contribution in [0.4, 0.5) is 5.69 Å². The van der Waals surface area contributed by atoms with E-state index in [1.54, 1.807) is 7.11 Å². The monoisotopic (exact) mass is 432 g/mol. The van der Waals surface area contributed by atoms with E-state index in [1.165, 1.54) is 11.3 Å². The van der Waals surface area contributed by atoms with E-state index in [-0.39, 0.29) is 5.56 Å². The zero-order valence-corrected chi connectivity index (χ0v) is 18.1. The summed E-state index contributed by atoms with van der Waals surface area (Å²) in [4.78, 5) is 23.8. The van der Waals surface area contributed by atoms with Crippen molar-refractivity contribution >= 4 is 27.2 Å². The fourth-order valence-corrected chi connectivity index (χ4v) is 5.03. The van der Waals surface area contributed by atoms with Gasteiger partial charge in [0, 0.05) is 29.7 Å². The van der Waals surface area contributed by atoms with Crippen LogP contribution in [0.15, 0.2) is 65.5 Å². The number of aromatic amines is 1. The maximum atomic E-state index is 12.7. The summed E-state index contributed by atoms with van der Waals surface area (Å²) in [6, 6.07) is 20.6. The van der Waals surface area contributed by atoms with Crippen molar-refractivity contribution in [1.29, 1.82) is 0 Å². The highest BCUT2D eigenvalue weighted by Crippen LogP contribution is 2.32. The van der Waals surface area contributed by atoms with Gasteiger partial charge in [0.05, 0.1) is 19.2 Å². The summed E-state index contributed by atoms with van der Waals surface area (Å²) in [7, 11) is 1.65. The molecule has 1 aliphatic rings. The topological polar surface area (TPSA) is 70.2 Å². The summed E-state index contributed by atoms with van der Waals surface area (Å²) in [5.41, 5.74) is 2.89. The SMILES string of the molecule is COc1ccc(-c2cc3nc(CN4CCC(Nc5ccccc5)C4)[nH]c(=O)c3s2)cc1. The molecule has 0 spiro atoms. The van der Waals surface area contributed by atoms with Crippen LogP contribution in [0.2, 0.25) is 0 Å². The number of nitrogens with one attached hydrogen (secondary N) is 2. The van der Waals surface area contributed by atoms with Gasteiger partial charge in [0.15, 0.2) is 0 Å². The lowest BCUT2D eigenvalue weighted by Crippen LogP contribution is -2.27. The summed E-state index contributed by atoms with van der Waals surface area (Å²) in [5, 5.41) is 3.59. The second-order valence-electron chi connectivity index (χ2n) is 7.80. The van der Waals surface area contributed by atoms with Crippen LogP contribution in [-0.4, -0.2) is 41.1 Å². The number of likely N-dealkylation sites (tertiary alicyclic amines) is 1. The molecule has 6 nitrogen and oxygen atoms in total. The number of H-pyrrole nitrogens is 1. The standard InChI is InChI=1S/C24H24N4O2S/c1-30-19-9-7-16(8-10-19)21-13-20-23(31-21)24(29)27-22(26-20)15-28-12-11-18(14-28)25-17-5-3-2-4-6-17/h2-10,13,18,25H,11-12,14-15H2,1H3,(H,26,27,29). The Labute approximate surface area is 184 Å². The summed E-state index contributed by atoms with van der Waals surface area (Å²) in [6.07, 6.45) is 1.07. The molecular weight excluding hydrogens is 408 g/mol. The van der Waals surface area contributed by atoms with Crippen molar-refractivity contribution in [2.24, 2.45) is 0 Å². The molecule has 1 atom stereocenters. The smallest absolute Gasteiger partial charge is 0.268 e. The van der Waals surface area contributed by atoms with Gasteiger partial charge in [-0.25, -0.2) is 4.98 Å². The first-order valence-corrected chi connectivity index (χ1v) is 11.2. The normalized spacial score (nSPS) is 16.6. The highest BCUT2D eigenvalue weighted by molar-refractivity contribution is 7.22. The Bertz CT molecular complexity index is 1230. The van der Waals surface area contributed by atoms with Gasteiger partial charge in [-0.2, -0.15) is 0 Å². The quantitative estimate of drug-likeness (QED) is 0.474. The number of aromatic nitrogens is 2. The number of benzene rings is 2. The molecule has 2 aromatic carbocycles. The fourth-order valence-electron chi connectivity index (χ4n) is 4.04. The van der Waals surface area contributed by atoms with E-state index in [9.17, 15) is 4.79 Å². The van der Waals surface area contributed by atoms with E-state index in [1.807, 2.05) is 48.5 Å². The van der Waals surface area contributed by atoms with Gasteiger partial charge in [0.25, 0.3) is 5.56 Å². The zero-order valence-electron chi connectivity index (χ0n) is 17.3. The highest BCUT2D eigenvalue weighted by Gasteiger charge is 2.23. The average molecular weight is 433 g/mol. The molecule has 1 fully saturated rings. The predicted molar refractivity (Wildman–Crippen MR) is 126 cm³/mol. The molecule has 3 heterocycles. The van der Waals surface area contributed by atoms with Gasteiger partial charge < -0.3 is 15.0 Å². The van der Waals surface area contributed by atoms with Gasteiger partial charge in [-0.3, -0.25) is 9.69 Å². The van der Waals surface area contributed by atoms with Crippen molar-refractivity contribution < 1.29 is 4.74 Å². The number of ether oxygens (including phenoxy) is 1. The van der Waals surface area contributed by atoms with Gasteiger partial charge in [0.1, 0.15) is 16.3 Å². The van der Waals surface area contributed by atoms with Crippen LogP contribution in [-0.2, 0) is 6.54 Å². The largest absolute Gasteiger partial charge is 0.497 e. The molecule has 2 aromatic heterocycles. The van der Waals surface area contributed by atoms with Gasteiger partial charge in [-0.1, -0.05) is 18.2 Å². The molecule has 7 heteroatoms. The fraction of sp³-hybridized carbons (Fsp3) is 0.250. The van der Waals surface area contributed by atoms with Crippen molar-refractivity contribution in [1.82, 2.24) is 14.9 Å². The first-order valence-electron chi connectivity index (χ1n) is 10.4. The number of methoxy groups -OCH3 is 1. The maximum Gasteiger partial charge on any atom is 0.268 e. The van der Waals surface area contributed by atoms with E-state index in [0.717, 1.165) is 52.7 Å². The van der Waals surface area contributed by atoms with Crippen LogP contribution in [0.25, 0.3) is 20.7 Å². The molecule has 0 saturated carbocycles. The van der Waals surface area contributed by atoms with Gasteiger partial charge >= 0.3 is 0 Å². The van der Waals surface area contributed by atoms with Crippen LogP contribution < -0.4 is 15.6 Å². The van der Waals surface area contributed by atoms with E-state index in [2.05, 4.69) is 27.3 Å². The van der Waals surface area contributed by atoms with E-state index >= 15 is 0 Å². The lowest BCUT2D eigenvalue weighted by molar-refractivity contribution is 0.320. The van der Waals surface area contributed by atoms with E-state index in [0.29, 0.717) is 17.3 Å². The highest BCUT2D eigenvalue weighted by atomic mass is 32.1. The number of nitrogens with zero attached hydrogens (tertiary/aromatic N) is 2. The first kappa shape index (κ1) is 19.8. The van der Waals surface area contributed by atoms with E-state index in [4.69, 9.17) is 9.72 Å². The number of hydrogen-bond donors (Lipinski definition) is 2. The lowest BCUT2D eigenvalue weighted by atomic mass is 10.2. The minimum absolute atomic E-state index is 0.0667. The molecule has 5 rings (SSSR count). The molecule has 0 aliphatic carbocycles. The third-order valence-corrected chi connectivity index (χ3v) is 6.77. The maximum absolute atomic E-state index is 12.7. The van der Waals surface area contributed by atoms with Crippen molar-refractivity contribution in [3.63, 3.8) is 0 Å². The molecule has 1 unspecified atom stereocenters. The Hall–Kier alpha value is -3.16. The van der Waals surface area contributed by atoms with Gasteiger partial charge in [0.2, 0.25) is 0 Å². The molecule has 0 amide bonds. The molecule has 2 N–H and O–H groups in total. The summed E-state index contributed by atoms with van der Waals surface area (Å²) in [6.45, 7) is 2.55. The molecule has 4 aromatic rings.